The van der Waals surface area contributed by atoms with Crippen LogP contribution in [0.25, 0.3) is 0 Å². The maximum Gasteiger partial charge on any atom is 0.319 e. The molecule has 0 aliphatic heterocycles. The molecular formula is C17H24N4O5. The molecule has 1 aliphatic rings. The molecule has 142 valence electrons. The van der Waals surface area contributed by atoms with E-state index in [1.165, 1.54) is 6.07 Å². The molecule has 1 aliphatic carbocycles. The molecule has 0 spiro atoms. The van der Waals surface area contributed by atoms with Gasteiger partial charge in [-0.2, -0.15) is 0 Å². The van der Waals surface area contributed by atoms with Gasteiger partial charge in [-0.25, -0.2) is 4.79 Å². The molecule has 1 aromatic carbocycles. The molecule has 1 aromatic rings. The number of carboxylic acid groups (broad SMARTS) is 1. The van der Waals surface area contributed by atoms with Gasteiger partial charge >= 0.3 is 12.0 Å². The molecule has 9 heteroatoms. The minimum absolute atomic E-state index is 0.00763. The van der Waals surface area contributed by atoms with Crippen LogP contribution in [0.15, 0.2) is 12.1 Å². The molecule has 0 bridgehead atoms. The number of nitro groups is 1. The maximum absolute atomic E-state index is 12.2. The van der Waals surface area contributed by atoms with Crippen LogP contribution in [0.4, 0.5) is 16.2 Å². The molecule has 3 N–H and O–H groups in total. The lowest BCUT2D eigenvalue weighted by atomic mass is 9.85. The van der Waals surface area contributed by atoms with Crippen LogP contribution in [0.3, 0.4) is 0 Å². The van der Waals surface area contributed by atoms with Crippen LogP contribution in [0, 0.1) is 24.0 Å². The number of anilines is 1. The highest BCUT2D eigenvalue weighted by molar-refractivity contribution is 5.91. The number of nitro benzene ring substituents is 1. The summed E-state index contributed by atoms with van der Waals surface area (Å²) in [6, 6.07) is 2.71. The Bertz CT molecular complexity index is 715. The number of carbonyl (C=O) groups excluding carboxylic acids is 1. The van der Waals surface area contributed by atoms with Crippen LogP contribution < -0.4 is 10.6 Å². The molecule has 1 saturated carbocycles. The number of rotatable bonds is 7. The molecule has 2 rings (SSSR count). The first-order chi connectivity index (χ1) is 12.2. The normalized spacial score (nSPS) is 18.9. The fourth-order valence-corrected chi connectivity index (χ4v) is 3.19. The highest BCUT2D eigenvalue weighted by Crippen LogP contribution is 2.28. The average molecular weight is 364 g/mol. The Labute approximate surface area is 151 Å². The van der Waals surface area contributed by atoms with E-state index in [1.807, 2.05) is 11.8 Å². The first-order valence-electron chi connectivity index (χ1n) is 8.50. The lowest BCUT2D eigenvalue weighted by Gasteiger charge is -2.42. The van der Waals surface area contributed by atoms with Crippen LogP contribution in [0.1, 0.15) is 30.9 Å². The monoisotopic (exact) mass is 364 g/mol. The number of benzene rings is 1. The number of hydrogen-bond donors (Lipinski definition) is 3. The molecule has 0 atom stereocenters. The Kier molecular flexibility index (Phi) is 6.14. The van der Waals surface area contributed by atoms with Crippen molar-refractivity contribution in [3.63, 3.8) is 0 Å². The van der Waals surface area contributed by atoms with Crippen molar-refractivity contribution in [1.29, 1.82) is 0 Å². The topological polar surface area (TPSA) is 125 Å². The molecular weight excluding hydrogens is 340 g/mol. The van der Waals surface area contributed by atoms with Gasteiger partial charge in [-0.15, -0.1) is 0 Å². The zero-order valence-corrected chi connectivity index (χ0v) is 15.1. The van der Waals surface area contributed by atoms with Gasteiger partial charge in [-0.05, 0) is 44.9 Å². The van der Waals surface area contributed by atoms with E-state index in [0.29, 0.717) is 30.6 Å². The number of likely N-dealkylation sites (N-methyl/N-ethyl adjacent to an activating group) is 1. The predicted molar refractivity (Wildman–Crippen MR) is 96.4 cm³/mol. The van der Waals surface area contributed by atoms with Crippen LogP contribution in [-0.4, -0.2) is 52.1 Å². The quantitative estimate of drug-likeness (QED) is 0.503. The highest BCUT2D eigenvalue weighted by Gasteiger charge is 2.34. The number of nitrogens with zero attached hydrogens (tertiary/aromatic N) is 2. The highest BCUT2D eigenvalue weighted by atomic mass is 16.6. The average Bonchev–Trinajstić information content (AvgIpc) is 2.50. The largest absolute Gasteiger partial charge is 0.480 e. The van der Waals surface area contributed by atoms with Crippen molar-refractivity contribution in [3.05, 3.63) is 33.4 Å². The Morgan fingerprint density at radius 2 is 1.96 bits per heavy atom. The second-order valence-electron chi connectivity index (χ2n) is 6.59. The third-order valence-electron chi connectivity index (χ3n) is 4.70. The smallest absolute Gasteiger partial charge is 0.319 e. The summed E-state index contributed by atoms with van der Waals surface area (Å²) in [4.78, 5) is 35.4. The van der Waals surface area contributed by atoms with Gasteiger partial charge in [0, 0.05) is 23.7 Å². The van der Waals surface area contributed by atoms with Gasteiger partial charge < -0.3 is 15.7 Å². The van der Waals surface area contributed by atoms with Gasteiger partial charge in [0.05, 0.1) is 17.2 Å². The molecule has 1 fully saturated rings. The van der Waals surface area contributed by atoms with Gasteiger partial charge in [0.25, 0.3) is 5.69 Å². The number of nitrogens with one attached hydrogen (secondary N) is 2. The van der Waals surface area contributed by atoms with Crippen molar-refractivity contribution >= 4 is 23.4 Å². The van der Waals surface area contributed by atoms with Crippen molar-refractivity contribution in [2.24, 2.45) is 0 Å². The van der Waals surface area contributed by atoms with Crippen LogP contribution in [-0.2, 0) is 4.79 Å². The van der Waals surface area contributed by atoms with E-state index in [9.17, 15) is 19.7 Å². The summed E-state index contributed by atoms with van der Waals surface area (Å²) < 4.78 is 0. The summed E-state index contributed by atoms with van der Waals surface area (Å²) in [5.74, 6) is -0.863. The summed E-state index contributed by atoms with van der Waals surface area (Å²) in [7, 11) is 0. The van der Waals surface area contributed by atoms with Crippen molar-refractivity contribution < 1.29 is 19.6 Å². The number of amides is 2. The van der Waals surface area contributed by atoms with Gasteiger partial charge in [0.15, 0.2) is 0 Å². The molecule has 0 aromatic heterocycles. The number of urea groups is 1. The SMILES string of the molecule is CCN(CC(=O)O)C1CC(NC(=O)Nc2cc([N+](=O)[O-])c(C)cc2C)C1. The molecule has 0 heterocycles. The van der Waals surface area contributed by atoms with E-state index in [-0.39, 0.29) is 24.3 Å². The fraction of sp³-hybridized carbons (Fsp3) is 0.529. The Balaban J connectivity index is 1.90. The fourth-order valence-electron chi connectivity index (χ4n) is 3.19. The van der Waals surface area contributed by atoms with Crippen LogP contribution >= 0.6 is 0 Å². The molecule has 0 radical (unpaired) electrons. The van der Waals surface area contributed by atoms with Gasteiger partial charge in [0.1, 0.15) is 0 Å². The van der Waals surface area contributed by atoms with E-state index in [2.05, 4.69) is 10.6 Å². The number of carboxylic acids is 1. The first kappa shape index (κ1) is 19.6. The van der Waals surface area contributed by atoms with E-state index in [0.717, 1.165) is 5.56 Å². The first-order valence-corrected chi connectivity index (χ1v) is 8.50. The van der Waals surface area contributed by atoms with Gasteiger partial charge in [0.2, 0.25) is 0 Å². The van der Waals surface area contributed by atoms with Gasteiger partial charge in [-0.1, -0.05) is 6.92 Å². The summed E-state index contributed by atoms with van der Waals surface area (Å²) in [6.07, 6.45) is 1.36. The van der Waals surface area contributed by atoms with Crippen LogP contribution in [0.5, 0.6) is 0 Å². The Morgan fingerprint density at radius 1 is 1.31 bits per heavy atom. The number of hydrogen-bond acceptors (Lipinski definition) is 5. The van der Waals surface area contributed by atoms with E-state index in [1.54, 1.807) is 19.9 Å². The lowest BCUT2D eigenvalue weighted by Crippen LogP contribution is -2.55. The third kappa shape index (κ3) is 4.69. The van der Waals surface area contributed by atoms with E-state index in [4.69, 9.17) is 5.11 Å². The van der Waals surface area contributed by atoms with Crippen molar-refractivity contribution in [1.82, 2.24) is 10.2 Å². The number of carbonyl (C=O) groups is 2. The summed E-state index contributed by atoms with van der Waals surface area (Å²) in [5, 5.41) is 25.4. The maximum atomic E-state index is 12.2. The van der Waals surface area contributed by atoms with Crippen molar-refractivity contribution in [2.45, 2.75) is 45.7 Å². The Morgan fingerprint density at radius 3 is 2.50 bits per heavy atom. The standard InChI is InChI=1S/C17H24N4O5/c1-4-20(9-16(22)23)13-6-12(7-13)18-17(24)19-14-8-15(21(25)26)11(3)5-10(14)2/h5,8,12-13H,4,6-7,9H2,1-3H3,(H,22,23)(H2,18,19,24). The molecule has 2 amide bonds. The zero-order valence-electron chi connectivity index (χ0n) is 15.1. The van der Waals surface area contributed by atoms with Gasteiger partial charge in [-0.3, -0.25) is 19.8 Å². The second-order valence-corrected chi connectivity index (χ2v) is 6.59. The number of aliphatic carboxylic acids is 1. The minimum atomic E-state index is -0.863. The Hall–Kier alpha value is -2.68. The molecule has 0 saturated heterocycles. The van der Waals surface area contributed by atoms with E-state index >= 15 is 0 Å². The van der Waals surface area contributed by atoms with Crippen molar-refractivity contribution in [3.8, 4) is 0 Å². The minimum Gasteiger partial charge on any atom is -0.480 e. The summed E-state index contributed by atoms with van der Waals surface area (Å²) in [6.45, 7) is 5.97. The van der Waals surface area contributed by atoms with Crippen molar-refractivity contribution in [2.75, 3.05) is 18.4 Å². The van der Waals surface area contributed by atoms with E-state index < -0.39 is 16.9 Å². The zero-order chi connectivity index (χ0) is 19.4. The predicted octanol–water partition coefficient (Wildman–Crippen LogP) is 2.27. The summed E-state index contributed by atoms with van der Waals surface area (Å²) in [5.41, 5.74) is 1.64. The molecule has 9 nitrogen and oxygen atoms in total. The molecule has 26 heavy (non-hydrogen) atoms. The number of aryl methyl sites for hydroxylation is 2. The third-order valence-corrected chi connectivity index (χ3v) is 4.70. The second kappa shape index (κ2) is 8.13. The molecule has 0 unspecified atom stereocenters. The summed E-state index contributed by atoms with van der Waals surface area (Å²) >= 11 is 0. The lowest BCUT2D eigenvalue weighted by molar-refractivity contribution is -0.385. The van der Waals surface area contributed by atoms with Crippen LogP contribution in [0.2, 0.25) is 0 Å².